The highest BCUT2D eigenvalue weighted by molar-refractivity contribution is 6.11. The van der Waals surface area contributed by atoms with Gasteiger partial charge in [0.25, 0.3) is 5.91 Å². The predicted molar refractivity (Wildman–Crippen MR) is 123 cm³/mol. The molecule has 2 heterocycles. The lowest BCUT2D eigenvalue weighted by atomic mass is 9.95. The van der Waals surface area contributed by atoms with E-state index in [9.17, 15) is 9.59 Å². The number of hydrogen-bond acceptors (Lipinski definition) is 3. The van der Waals surface area contributed by atoms with Crippen molar-refractivity contribution in [1.29, 1.82) is 0 Å². The zero-order valence-electron chi connectivity index (χ0n) is 17.9. The third kappa shape index (κ3) is 3.50. The molecule has 6 heteroatoms. The number of hydrogen-bond donors (Lipinski definition) is 1. The Balaban J connectivity index is 1.49. The zero-order valence-corrected chi connectivity index (χ0v) is 17.9. The summed E-state index contributed by atoms with van der Waals surface area (Å²) in [6.07, 6.45) is 0. The highest BCUT2D eigenvalue weighted by atomic mass is 16.5. The molecule has 2 aliphatic rings. The molecule has 1 N–H and O–H groups in total. The van der Waals surface area contributed by atoms with Crippen LogP contribution in [0.4, 0.5) is 10.5 Å². The van der Waals surface area contributed by atoms with Crippen molar-refractivity contribution in [1.82, 2.24) is 10.2 Å². The summed E-state index contributed by atoms with van der Waals surface area (Å²) < 4.78 is 5.96. The van der Waals surface area contributed by atoms with Gasteiger partial charge in [-0.2, -0.15) is 0 Å². The maximum Gasteiger partial charge on any atom is 0.322 e. The largest absolute Gasteiger partial charge is 0.457 e. The van der Waals surface area contributed by atoms with Gasteiger partial charge in [-0.1, -0.05) is 48.0 Å². The van der Waals surface area contributed by atoms with Crippen LogP contribution in [0.2, 0.25) is 0 Å². The second kappa shape index (κ2) is 7.89. The summed E-state index contributed by atoms with van der Waals surface area (Å²) in [6, 6.07) is 24.1. The number of aryl methyl sites for hydroxylation is 1. The molecule has 0 fully saturated rings. The number of likely N-dealkylation sites (N-methyl/N-ethyl adjacent to an activating group) is 1. The fourth-order valence-corrected chi connectivity index (χ4v) is 4.13. The van der Waals surface area contributed by atoms with E-state index in [1.807, 2.05) is 85.8 Å². The molecule has 3 aromatic carbocycles. The number of nitrogens with one attached hydrogen (secondary N) is 1. The number of rotatable bonds is 4. The minimum atomic E-state index is -0.545. The molecule has 1 unspecified atom stereocenters. The van der Waals surface area contributed by atoms with E-state index in [0.717, 1.165) is 28.3 Å². The highest BCUT2D eigenvalue weighted by Crippen LogP contribution is 2.38. The Morgan fingerprint density at radius 1 is 0.906 bits per heavy atom. The van der Waals surface area contributed by atoms with Crippen molar-refractivity contribution in [3.8, 4) is 11.5 Å². The van der Waals surface area contributed by atoms with Gasteiger partial charge in [0.1, 0.15) is 11.5 Å². The number of ether oxygens (including phenoxy) is 1. The number of carbonyl (C=O) groups is 2. The molecule has 0 saturated heterocycles. The molecule has 0 bridgehead atoms. The Hall–Kier alpha value is -4.06. The molecule has 0 radical (unpaired) electrons. The van der Waals surface area contributed by atoms with Gasteiger partial charge < -0.3 is 15.0 Å². The number of carbonyl (C=O) groups excluding carboxylic acids is 2. The lowest BCUT2D eigenvalue weighted by molar-refractivity contribution is -0.114. The summed E-state index contributed by atoms with van der Waals surface area (Å²) in [5, 5.41) is 2.98. The molecule has 160 valence electrons. The van der Waals surface area contributed by atoms with Crippen LogP contribution in [0.3, 0.4) is 0 Å². The fourth-order valence-electron chi connectivity index (χ4n) is 4.13. The molecule has 0 spiro atoms. The van der Waals surface area contributed by atoms with Crippen LogP contribution < -0.4 is 15.0 Å². The topological polar surface area (TPSA) is 61.9 Å². The van der Waals surface area contributed by atoms with Crippen LogP contribution in [0.5, 0.6) is 11.5 Å². The van der Waals surface area contributed by atoms with E-state index in [4.69, 9.17) is 4.74 Å². The van der Waals surface area contributed by atoms with Crippen LogP contribution in [-0.4, -0.2) is 30.4 Å². The van der Waals surface area contributed by atoms with E-state index in [1.165, 1.54) is 4.90 Å². The molecule has 0 saturated carbocycles. The average Bonchev–Trinajstić information content (AvgIpc) is 3.15. The number of benzene rings is 3. The quantitative estimate of drug-likeness (QED) is 0.654. The second-order valence-corrected chi connectivity index (χ2v) is 8.02. The van der Waals surface area contributed by atoms with E-state index in [2.05, 4.69) is 5.32 Å². The van der Waals surface area contributed by atoms with Crippen LogP contribution in [0, 0.1) is 6.92 Å². The third-order valence-corrected chi connectivity index (χ3v) is 5.88. The van der Waals surface area contributed by atoms with Gasteiger partial charge in [0, 0.05) is 12.7 Å². The Bertz CT molecular complexity index is 1220. The van der Waals surface area contributed by atoms with Crippen molar-refractivity contribution in [2.24, 2.45) is 0 Å². The molecule has 6 nitrogen and oxygen atoms in total. The molecular weight excluding hydrogens is 402 g/mol. The van der Waals surface area contributed by atoms with Crippen molar-refractivity contribution < 1.29 is 14.3 Å². The summed E-state index contributed by atoms with van der Waals surface area (Å²) in [5.74, 6) is 1.26. The summed E-state index contributed by atoms with van der Waals surface area (Å²) in [6.45, 7) is 2.37. The summed E-state index contributed by atoms with van der Waals surface area (Å²) in [7, 11) is 1.70. The minimum absolute atomic E-state index is 0.102. The first-order chi connectivity index (χ1) is 15.5. The van der Waals surface area contributed by atoms with Gasteiger partial charge in [0.2, 0.25) is 0 Å². The predicted octanol–water partition coefficient (Wildman–Crippen LogP) is 4.78. The molecule has 3 aromatic rings. The van der Waals surface area contributed by atoms with E-state index in [0.29, 0.717) is 17.9 Å². The van der Waals surface area contributed by atoms with Crippen LogP contribution in [0.15, 0.2) is 90.1 Å². The van der Waals surface area contributed by atoms with Crippen LogP contribution in [-0.2, 0) is 4.79 Å². The van der Waals surface area contributed by atoms with Gasteiger partial charge in [0.05, 0.1) is 23.9 Å². The van der Waals surface area contributed by atoms with E-state index in [-0.39, 0.29) is 11.9 Å². The molecule has 1 atom stereocenters. The number of nitrogens with zero attached hydrogens (tertiary/aromatic N) is 2. The van der Waals surface area contributed by atoms with Gasteiger partial charge in [-0.25, -0.2) is 4.79 Å². The van der Waals surface area contributed by atoms with Gasteiger partial charge in [-0.05, 0) is 48.9 Å². The maximum atomic E-state index is 13.5. The van der Waals surface area contributed by atoms with Crippen molar-refractivity contribution in [3.63, 3.8) is 0 Å². The smallest absolute Gasteiger partial charge is 0.322 e. The first-order valence-electron chi connectivity index (χ1n) is 10.5. The van der Waals surface area contributed by atoms with Gasteiger partial charge in [0.15, 0.2) is 0 Å². The lowest BCUT2D eigenvalue weighted by Gasteiger charge is -2.31. The van der Waals surface area contributed by atoms with Crippen molar-refractivity contribution in [3.05, 3.63) is 101 Å². The number of urea groups is 1. The minimum Gasteiger partial charge on any atom is -0.457 e. The number of anilines is 1. The van der Waals surface area contributed by atoms with Crippen LogP contribution in [0.1, 0.15) is 17.2 Å². The van der Waals surface area contributed by atoms with E-state index in [1.54, 1.807) is 11.9 Å². The van der Waals surface area contributed by atoms with Crippen molar-refractivity contribution in [2.75, 3.05) is 18.5 Å². The summed E-state index contributed by atoms with van der Waals surface area (Å²) in [5.41, 5.74) is 4.05. The molecule has 5 rings (SSSR count). The maximum absolute atomic E-state index is 13.5. The third-order valence-electron chi connectivity index (χ3n) is 5.88. The van der Waals surface area contributed by atoms with Crippen LogP contribution >= 0.6 is 0 Å². The second-order valence-electron chi connectivity index (χ2n) is 8.02. The first kappa shape index (κ1) is 19.9. The first-order valence-corrected chi connectivity index (χ1v) is 10.5. The van der Waals surface area contributed by atoms with Crippen molar-refractivity contribution >= 4 is 17.6 Å². The Kier molecular flexibility index (Phi) is 4.90. The monoisotopic (exact) mass is 425 g/mol. The van der Waals surface area contributed by atoms with Gasteiger partial charge >= 0.3 is 6.03 Å². The SMILES string of the molecule is Cc1ccc(N2CC3=C(C2=O)C(c2cccc(Oc4ccccc4)c2)NC(=O)N3C)cc1. The molecule has 3 amide bonds. The molecule has 2 aliphatic heterocycles. The average molecular weight is 425 g/mol. The van der Waals surface area contributed by atoms with Crippen molar-refractivity contribution in [2.45, 2.75) is 13.0 Å². The number of amides is 3. The Morgan fingerprint density at radius 3 is 2.38 bits per heavy atom. The van der Waals surface area contributed by atoms with E-state index >= 15 is 0 Å². The molecule has 32 heavy (non-hydrogen) atoms. The molecule has 0 aromatic heterocycles. The normalized spacial score (nSPS) is 18.0. The Labute approximate surface area is 186 Å². The van der Waals surface area contributed by atoms with E-state index < -0.39 is 6.04 Å². The zero-order chi connectivity index (χ0) is 22.2. The number of para-hydroxylation sites is 1. The molecule has 0 aliphatic carbocycles. The Morgan fingerprint density at radius 2 is 1.62 bits per heavy atom. The fraction of sp³-hybridized carbons (Fsp3) is 0.154. The molecular formula is C26H23N3O3. The summed E-state index contributed by atoms with van der Waals surface area (Å²) >= 11 is 0. The van der Waals surface area contributed by atoms with Gasteiger partial charge in [-0.3, -0.25) is 9.69 Å². The lowest BCUT2D eigenvalue weighted by Crippen LogP contribution is -2.45. The highest BCUT2D eigenvalue weighted by Gasteiger charge is 2.43. The summed E-state index contributed by atoms with van der Waals surface area (Å²) in [4.78, 5) is 29.5. The van der Waals surface area contributed by atoms with Crippen LogP contribution in [0.25, 0.3) is 0 Å². The van der Waals surface area contributed by atoms with Gasteiger partial charge in [-0.15, -0.1) is 0 Å². The standard InChI is InChI=1S/C26H23N3O3/c1-17-11-13-19(14-12-17)29-16-22-23(25(29)30)24(27-26(31)28(22)2)18-7-6-10-21(15-18)32-20-8-4-3-5-9-20/h3-15,24H,16H2,1-2H3,(H,27,31).